The molecule has 154 valence electrons. The van der Waals surface area contributed by atoms with Gasteiger partial charge in [0.2, 0.25) is 0 Å². The third kappa shape index (κ3) is 3.77. The molecule has 0 aromatic heterocycles. The van der Waals surface area contributed by atoms with Crippen LogP contribution in [0.5, 0.6) is 0 Å². The molecule has 2 N–H and O–H groups in total. The van der Waals surface area contributed by atoms with Gasteiger partial charge in [-0.1, -0.05) is 54.1 Å². The van der Waals surface area contributed by atoms with E-state index in [0.717, 1.165) is 17.7 Å². The molecule has 0 saturated heterocycles. The third-order valence-electron chi connectivity index (χ3n) is 6.29. The maximum Gasteiger partial charge on any atom is 0.335 e. The van der Waals surface area contributed by atoms with Crippen LogP contribution < -0.4 is 5.32 Å². The molecule has 3 aromatic carbocycles. The van der Waals surface area contributed by atoms with Gasteiger partial charge in [0, 0.05) is 17.8 Å². The van der Waals surface area contributed by atoms with Crippen molar-refractivity contribution < 1.29 is 9.90 Å². The normalized spacial score (nSPS) is 21.5. The fourth-order valence-electron chi connectivity index (χ4n) is 4.67. The molecule has 5 rings (SSSR count). The largest absolute Gasteiger partial charge is 0.478 e. The molecule has 0 unspecified atom stereocenters. The summed E-state index contributed by atoms with van der Waals surface area (Å²) in [5, 5.41) is 12.8. The van der Waals surface area contributed by atoms with Crippen molar-refractivity contribution in [3.05, 3.63) is 107 Å². The van der Waals surface area contributed by atoms with E-state index >= 15 is 0 Å². The Balaban J connectivity index is 1.35. The first-order valence-electron chi connectivity index (χ1n) is 10.6. The van der Waals surface area contributed by atoms with Crippen molar-refractivity contribution in [2.45, 2.75) is 25.3 Å². The van der Waals surface area contributed by atoms with Crippen LogP contribution in [0.2, 0.25) is 0 Å². The number of carboxylic acid groups (broad SMARTS) is 1. The monoisotopic (exact) mass is 408 g/mol. The van der Waals surface area contributed by atoms with Gasteiger partial charge in [0.05, 0.1) is 17.3 Å². The predicted octanol–water partition coefficient (Wildman–Crippen LogP) is 6.27. The fourth-order valence-corrected chi connectivity index (χ4v) is 4.67. The van der Waals surface area contributed by atoms with E-state index in [9.17, 15) is 4.79 Å². The van der Waals surface area contributed by atoms with Gasteiger partial charge in [-0.05, 0) is 66.3 Å². The number of carboxylic acids is 1. The molecule has 2 aliphatic rings. The van der Waals surface area contributed by atoms with E-state index in [1.807, 2.05) is 12.1 Å². The maximum absolute atomic E-state index is 11.0. The Morgan fingerprint density at radius 2 is 1.84 bits per heavy atom. The Kier molecular flexibility index (Phi) is 4.91. The van der Waals surface area contributed by atoms with Crippen LogP contribution in [0.3, 0.4) is 0 Å². The molecule has 0 amide bonds. The zero-order valence-electron chi connectivity index (χ0n) is 17.3. The van der Waals surface area contributed by atoms with Gasteiger partial charge in [0.15, 0.2) is 0 Å². The van der Waals surface area contributed by atoms with Gasteiger partial charge >= 0.3 is 5.97 Å². The second kappa shape index (κ2) is 7.88. The number of carbonyl (C=O) groups is 1. The van der Waals surface area contributed by atoms with Crippen LogP contribution in [0.25, 0.3) is 0 Å². The molecule has 4 nitrogen and oxygen atoms in total. The molecule has 0 fully saturated rings. The van der Waals surface area contributed by atoms with Crippen LogP contribution in [0.1, 0.15) is 51.0 Å². The average Bonchev–Trinajstić information content (AvgIpc) is 3.28. The smallest absolute Gasteiger partial charge is 0.335 e. The summed E-state index contributed by atoms with van der Waals surface area (Å²) in [7, 11) is 0. The molecule has 0 bridgehead atoms. The standard InChI is InChI=1S/C27H24N2O2/c1-17-5-14-25-24(15-17)22-3-2-4-23(22)26(29-25)19-10-12-21(13-11-19)28-16-18-6-8-20(9-7-18)27(30)31/h2-3,5-16,22-23,26,29H,4H2,1H3,(H,30,31)/t22-,23+,26+/m1/s1. The van der Waals surface area contributed by atoms with E-state index in [1.165, 1.54) is 22.4 Å². The van der Waals surface area contributed by atoms with Gasteiger partial charge in [0.25, 0.3) is 0 Å². The van der Waals surface area contributed by atoms with Crippen LogP contribution in [0.4, 0.5) is 11.4 Å². The second-order valence-electron chi connectivity index (χ2n) is 8.34. The molecule has 3 aromatic rings. The SMILES string of the molecule is Cc1ccc2c(c1)[C@@H]1C=CC[C@@H]1[C@H](c1ccc(N=Cc3ccc(C(=O)O)cc3)cc1)N2. The minimum atomic E-state index is -0.923. The highest BCUT2D eigenvalue weighted by atomic mass is 16.4. The fraction of sp³-hybridized carbons (Fsp3) is 0.185. The maximum atomic E-state index is 11.0. The lowest BCUT2D eigenvalue weighted by atomic mass is 9.76. The highest BCUT2D eigenvalue weighted by Gasteiger charge is 2.37. The van der Waals surface area contributed by atoms with Crippen LogP contribution in [0, 0.1) is 12.8 Å². The van der Waals surface area contributed by atoms with Gasteiger partial charge in [-0.2, -0.15) is 0 Å². The van der Waals surface area contributed by atoms with E-state index in [1.54, 1.807) is 30.5 Å². The Morgan fingerprint density at radius 1 is 1.06 bits per heavy atom. The van der Waals surface area contributed by atoms with Crippen LogP contribution in [0.15, 0.2) is 83.9 Å². The summed E-state index contributed by atoms with van der Waals surface area (Å²) in [6, 6.07) is 22.1. The van der Waals surface area contributed by atoms with Gasteiger partial charge in [-0.15, -0.1) is 0 Å². The number of fused-ring (bicyclic) bond motifs is 3. The topological polar surface area (TPSA) is 61.7 Å². The number of hydrogen-bond acceptors (Lipinski definition) is 3. The average molecular weight is 409 g/mol. The lowest BCUT2D eigenvalue weighted by Crippen LogP contribution is -2.29. The van der Waals surface area contributed by atoms with E-state index in [0.29, 0.717) is 11.8 Å². The number of allylic oxidation sites excluding steroid dienone is 2. The van der Waals surface area contributed by atoms with Crippen molar-refractivity contribution in [3.8, 4) is 0 Å². The van der Waals surface area contributed by atoms with Crippen LogP contribution >= 0.6 is 0 Å². The lowest BCUT2D eigenvalue weighted by Gasteiger charge is -2.37. The molecule has 4 heteroatoms. The van der Waals surface area contributed by atoms with E-state index in [2.05, 4.69) is 59.7 Å². The Hall–Kier alpha value is -3.66. The third-order valence-corrected chi connectivity index (χ3v) is 6.29. The van der Waals surface area contributed by atoms with Crippen molar-refractivity contribution in [1.82, 2.24) is 0 Å². The molecule has 1 aliphatic carbocycles. The van der Waals surface area contributed by atoms with Gasteiger partial charge < -0.3 is 10.4 Å². The van der Waals surface area contributed by atoms with Crippen LogP contribution in [-0.2, 0) is 0 Å². The molecule has 1 heterocycles. The summed E-state index contributed by atoms with van der Waals surface area (Å²) in [4.78, 5) is 15.5. The van der Waals surface area contributed by atoms with Gasteiger partial charge in [-0.25, -0.2) is 4.79 Å². The summed E-state index contributed by atoms with van der Waals surface area (Å²) in [5.74, 6) is 0.0666. The molecular weight excluding hydrogens is 384 g/mol. The highest BCUT2D eigenvalue weighted by Crippen LogP contribution is 2.49. The van der Waals surface area contributed by atoms with Crippen molar-refractivity contribution in [3.63, 3.8) is 0 Å². The highest BCUT2D eigenvalue weighted by molar-refractivity contribution is 5.89. The minimum absolute atomic E-state index is 0.275. The number of aromatic carboxylic acids is 1. The van der Waals surface area contributed by atoms with Crippen molar-refractivity contribution in [1.29, 1.82) is 0 Å². The molecule has 3 atom stereocenters. The van der Waals surface area contributed by atoms with Crippen molar-refractivity contribution >= 4 is 23.6 Å². The number of rotatable bonds is 4. The molecule has 1 aliphatic heterocycles. The first kappa shape index (κ1) is 19.3. The number of nitrogens with zero attached hydrogens (tertiary/aromatic N) is 1. The molecule has 0 saturated carbocycles. The zero-order valence-corrected chi connectivity index (χ0v) is 17.3. The Morgan fingerprint density at radius 3 is 2.58 bits per heavy atom. The summed E-state index contributed by atoms with van der Waals surface area (Å²) < 4.78 is 0. The summed E-state index contributed by atoms with van der Waals surface area (Å²) >= 11 is 0. The number of nitrogens with one attached hydrogen (secondary N) is 1. The molecule has 31 heavy (non-hydrogen) atoms. The minimum Gasteiger partial charge on any atom is -0.478 e. The van der Waals surface area contributed by atoms with E-state index in [-0.39, 0.29) is 11.6 Å². The lowest BCUT2D eigenvalue weighted by molar-refractivity contribution is 0.0697. The van der Waals surface area contributed by atoms with Crippen LogP contribution in [-0.4, -0.2) is 17.3 Å². The molecule has 0 spiro atoms. The molecule has 0 radical (unpaired) electrons. The van der Waals surface area contributed by atoms with E-state index < -0.39 is 5.97 Å². The van der Waals surface area contributed by atoms with Crippen molar-refractivity contribution in [2.75, 3.05) is 5.32 Å². The summed E-state index contributed by atoms with van der Waals surface area (Å²) in [6.45, 7) is 2.15. The van der Waals surface area contributed by atoms with Gasteiger partial charge in [0.1, 0.15) is 0 Å². The number of anilines is 1. The first-order chi connectivity index (χ1) is 15.1. The number of benzene rings is 3. The predicted molar refractivity (Wildman–Crippen MR) is 125 cm³/mol. The molecular formula is C27H24N2O2. The number of hydrogen-bond donors (Lipinski definition) is 2. The summed E-state index contributed by atoms with van der Waals surface area (Å²) in [5.41, 5.74) is 7.24. The summed E-state index contributed by atoms with van der Waals surface area (Å²) in [6.07, 6.45) is 7.53. The van der Waals surface area contributed by atoms with Gasteiger partial charge in [-0.3, -0.25) is 4.99 Å². The number of aliphatic imine (C=N–C) groups is 1. The zero-order chi connectivity index (χ0) is 21.4. The Labute approximate surface area is 182 Å². The van der Waals surface area contributed by atoms with E-state index in [4.69, 9.17) is 5.11 Å². The second-order valence-corrected chi connectivity index (χ2v) is 8.34. The van der Waals surface area contributed by atoms with Crippen molar-refractivity contribution in [2.24, 2.45) is 10.9 Å². The number of aryl methyl sites for hydroxylation is 1. The Bertz CT molecular complexity index is 1180. The quantitative estimate of drug-likeness (QED) is 0.395. The first-order valence-corrected chi connectivity index (χ1v) is 10.6.